The van der Waals surface area contributed by atoms with Gasteiger partial charge in [-0.15, -0.1) is 12.4 Å². The summed E-state index contributed by atoms with van der Waals surface area (Å²) in [6, 6.07) is 13.1. The van der Waals surface area contributed by atoms with Crippen LogP contribution >= 0.6 is 24.0 Å². The third kappa shape index (κ3) is 4.99. The molecule has 1 saturated carbocycles. The molecule has 1 fully saturated rings. The minimum absolute atomic E-state index is 0. The summed E-state index contributed by atoms with van der Waals surface area (Å²) in [5.74, 6) is -2.36. The molecule has 0 unspecified atom stereocenters. The maximum absolute atomic E-state index is 13.3. The summed E-state index contributed by atoms with van der Waals surface area (Å²) in [5.41, 5.74) is 1.92. The Labute approximate surface area is 184 Å². The van der Waals surface area contributed by atoms with Gasteiger partial charge in [0, 0.05) is 28.7 Å². The predicted molar refractivity (Wildman–Crippen MR) is 117 cm³/mol. The summed E-state index contributed by atoms with van der Waals surface area (Å²) in [7, 11) is 0. The number of hydrogen-bond donors (Lipinski definition) is 2. The molecule has 3 aromatic rings. The van der Waals surface area contributed by atoms with Crippen LogP contribution < -0.4 is 10.6 Å². The van der Waals surface area contributed by atoms with E-state index in [-0.39, 0.29) is 36.0 Å². The van der Waals surface area contributed by atoms with Crippen LogP contribution in [0.1, 0.15) is 36.0 Å². The van der Waals surface area contributed by atoms with Gasteiger partial charge in [-0.2, -0.15) is 0 Å². The zero-order chi connectivity index (χ0) is 20.4. The maximum atomic E-state index is 13.3. The van der Waals surface area contributed by atoms with E-state index in [0.717, 1.165) is 54.4 Å². The molecule has 30 heavy (non-hydrogen) atoms. The van der Waals surface area contributed by atoms with E-state index < -0.39 is 11.6 Å². The first-order valence-electron chi connectivity index (χ1n) is 9.57. The van der Waals surface area contributed by atoms with Crippen molar-refractivity contribution in [3.05, 3.63) is 70.9 Å². The number of anilines is 1. The van der Waals surface area contributed by atoms with E-state index in [4.69, 9.17) is 11.6 Å². The monoisotopic (exact) mass is 451 g/mol. The molecular weight excluding hydrogens is 431 g/mol. The van der Waals surface area contributed by atoms with Crippen molar-refractivity contribution < 1.29 is 13.6 Å². The van der Waals surface area contributed by atoms with Gasteiger partial charge in [-0.1, -0.05) is 29.8 Å². The standard InChI is InChI=1S/C22H20ClF2N3O.ClH/c23-21-12-20(16-3-1-2-4-19(16)28-21)26-14-6-8-15(9-7-14)27-22(29)13-5-10-17(24)18(25)11-13;/h1-5,10-12,14-15H,6-9H2,(H,26,28)(H,27,29);1H/t14-,15+;. The van der Waals surface area contributed by atoms with Crippen molar-refractivity contribution >= 4 is 46.5 Å². The van der Waals surface area contributed by atoms with Gasteiger partial charge in [0.2, 0.25) is 0 Å². The van der Waals surface area contributed by atoms with Crippen molar-refractivity contribution in [3.8, 4) is 0 Å². The van der Waals surface area contributed by atoms with Gasteiger partial charge in [0.15, 0.2) is 11.6 Å². The molecule has 1 aliphatic carbocycles. The highest BCUT2D eigenvalue weighted by atomic mass is 35.5. The Kier molecular flexibility index (Phi) is 7.10. The second-order valence-electron chi connectivity index (χ2n) is 7.30. The highest BCUT2D eigenvalue weighted by molar-refractivity contribution is 6.30. The minimum atomic E-state index is -1.02. The van der Waals surface area contributed by atoms with Gasteiger partial charge >= 0.3 is 0 Å². The zero-order valence-corrected chi connectivity index (χ0v) is 17.6. The molecule has 1 amide bonds. The third-order valence-corrected chi connectivity index (χ3v) is 5.48. The van der Waals surface area contributed by atoms with Gasteiger partial charge in [-0.25, -0.2) is 13.8 Å². The highest BCUT2D eigenvalue weighted by Crippen LogP contribution is 2.29. The average Bonchev–Trinajstić information content (AvgIpc) is 2.71. The van der Waals surface area contributed by atoms with E-state index in [1.165, 1.54) is 6.07 Å². The number of pyridine rings is 1. The molecule has 4 nitrogen and oxygen atoms in total. The normalized spacial score (nSPS) is 18.5. The van der Waals surface area contributed by atoms with Gasteiger partial charge in [0.05, 0.1) is 5.52 Å². The fraction of sp³-hybridized carbons (Fsp3) is 0.273. The number of benzene rings is 2. The fourth-order valence-electron chi connectivity index (χ4n) is 3.77. The summed E-state index contributed by atoms with van der Waals surface area (Å²) in [6.45, 7) is 0. The summed E-state index contributed by atoms with van der Waals surface area (Å²) < 4.78 is 26.4. The Morgan fingerprint density at radius 2 is 1.67 bits per heavy atom. The molecule has 1 aliphatic rings. The molecule has 1 heterocycles. The van der Waals surface area contributed by atoms with Gasteiger partial charge in [0.1, 0.15) is 5.15 Å². The molecule has 0 saturated heterocycles. The quantitative estimate of drug-likeness (QED) is 0.497. The molecule has 158 valence electrons. The number of amides is 1. The number of nitrogens with zero attached hydrogens (tertiary/aromatic N) is 1. The molecule has 0 spiro atoms. The molecule has 0 radical (unpaired) electrons. The van der Waals surface area contributed by atoms with Crippen molar-refractivity contribution in [1.29, 1.82) is 0 Å². The second kappa shape index (κ2) is 9.58. The number of rotatable bonds is 4. The molecule has 8 heteroatoms. The second-order valence-corrected chi connectivity index (χ2v) is 7.69. The van der Waals surface area contributed by atoms with Crippen LogP contribution in [0.4, 0.5) is 14.5 Å². The first kappa shape index (κ1) is 22.2. The van der Waals surface area contributed by atoms with Crippen LogP contribution in [0.25, 0.3) is 10.9 Å². The smallest absolute Gasteiger partial charge is 0.251 e. The molecular formula is C22H21Cl2F2N3O. The number of halogens is 4. The summed E-state index contributed by atoms with van der Waals surface area (Å²) >= 11 is 6.15. The van der Waals surface area contributed by atoms with Gasteiger partial charge < -0.3 is 10.6 Å². The molecule has 2 N–H and O–H groups in total. The van der Waals surface area contributed by atoms with Crippen molar-refractivity contribution in [2.75, 3.05) is 5.32 Å². The van der Waals surface area contributed by atoms with Gasteiger partial charge in [-0.3, -0.25) is 4.79 Å². The first-order chi connectivity index (χ1) is 14.0. The van der Waals surface area contributed by atoms with Crippen molar-refractivity contribution in [1.82, 2.24) is 10.3 Å². The Bertz CT molecular complexity index is 1060. The van der Waals surface area contributed by atoms with E-state index in [9.17, 15) is 13.6 Å². The summed E-state index contributed by atoms with van der Waals surface area (Å²) in [5, 5.41) is 7.94. The highest BCUT2D eigenvalue weighted by Gasteiger charge is 2.23. The number of carbonyl (C=O) groups excluding carboxylic acids is 1. The number of hydrogen-bond acceptors (Lipinski definition) is 3. The van der Waals surface area contributed by atoms with Crippen LogP contribution in [0.15, 0.2) is 48.5 Å². The van der Waals surface area contributed by atoms with E-state index in [2.05, 4.69) is 15.6 Å². The topological polar surface area (TPSA) is 54.0 Å². The number of aromatic nitrogens is 1. The number of carbonyl (C=O) groups is 1. The molecule has 2 aromatic carbocycles. The molecule has 0 atom stereocenters. The van der Waals surface area contributed by atoms with E-state index in [0.29, 0.717) is 5.15 Å². The van der Waals surface area contributed by atoms with Crippen LogP contribution in [0.3, 0.4) is 0 Å². The fourth-order valence-corrected chi connectivity index (χ4v) is 3.97. The lowest BCUT2D eigenvalue weighted by Gasteiger charge is -2.30. The summed E-state index contributed by atoms with van der Waals surface area (Å²) in [4.78, 5) is 16.6. The molecule has 1 aromatic heterocycles. The maximum Gasteiger partial charge on any atom is 0.251 e. The van der Waals surface area contributed by atoms with E-state index in [1.54, 1.807) is 0 Å². The zero-order valence-electron chi connectivity index (χ0n) is 16.0. The van der Waals surface area contributed by atoms with Crippen LogP contribution in [0.5, 0.6) is 0 Å². The Morgan fingerprint density at radius 3 is 2.40 bits per heavy atom. The lowest BCUT2D eigenvalue weighted by Crippen LogP contribution is -2.40. The van der Waals surface area contributed by atoms with Crippen molar-refractivity contribution in [3.63, 3.8) is 0 Å². The predicted octanol–water partition coefficient (Wildman–Crippen LogP) is 5.74. The average molecular weight is 452 g/mol. The van der Waals surface area contributed by atoms with E-state index in [1.807, 2.05) is 30.3 Å². The molecule has 0 bridgehead atoms. The van der Waals surface area contributed by atoms with Gasteiger partial charge in [0.25, 0.3) is 5.91 Å². The molecule has 0 aliphatic heterocycles. The first-order valence-corrected chi connectivity index (χ1v) is 9.95. The van der Waals surface area contributed by atoms with Crippen molar-refractivity contribution in [2.24, 2.45) is 0 Å². The van der Waals surface area contributed by atoms with Crippen LogP contribution in [-0.2, 0) is 0 Å². The third-order valence-electron chi connectivity index (χ3n) is 5.29. The van der Waals surface area contributed by atoms with Crippen LogP contribution in [0, 0.1) is 11.6 Å². The Balaban J connectivity index is 0.00000256. The minimum Gasteiger partial charge on any atom is -0.382 e. The van der Waals surface area contributed by atoms with Crippen molar-refractivity contribution in [2.45, 2.75) is 37.8 Å². The SMILES string of the molecule is Cl.O=C(N[C@H]1CC[C@@H](Nc2cc(Cl)nc3ccccc23)CC1)c1ccc(F)c(F)c1. The Morgan fingerprint density at radius 1 is 0.967 bits per heavy atom. The van der Waals surface area contributed by atoms with Crippen LogP contribution in [-0.4, -0.2) is 23.0 Å². The largest absolute Gasteiger partial charge is 0.382 e. The number of fused-ring (bicyclic) bond motifs is 1. The lowest BCUT2D eigenvalue weighted by molar-refractivity contribution is 0.0926. The summed E-state index contributed by atoms with van der Waals surface area (Å²) in [6.07, 6.45) is 3.33. The number of para-hydroxylation sites is 1. The van der Waals surface area contributed by atoms with Crippen LogP contribution in [0.2, 0.25) is 5.15 Å². The lowest BCUT2D eigenvalue weighted by atomic mass is 9.90. The van der Waals surface area contributed by atoms with Gasteiger partial charge in [-0.05, 0) is 56.0 Å². The number of nitrogens with one attached hydrogen (secondary N) is 2. The molecule has 4 rings (SSSR count). The Hall–Kier alpha value is -2.44. The van der Waals surface area contributed by atoms with E-state index >= 15 is 0 Å².